The minimum atomic E-state index is -0.562. The van der Waals surface area contributed by atoms with Crippen LogP contribution in [0.15, 0.2) is 24.4 Å². The SMILES string of the molecule is CCCNc1nc(Nc2cc(C)ns2)ncc1C#CCCCNC(=O)C(C)N(C)C(=O)/C=C/CN(C)C. The molecule has 0 spiro atoms. The van der Waals surface area contributed by atoms with Crippen molar-refractivity contribution < 1.29 is 9.59 Å². The summed E-state index contributed by atoms with van der Waals surface area (Å²) in [6.07, 6.45) is 7.23. The predicted octanol–water partition coefficient (Wildman–Crippen LogP) is 3.02. The maximum absolute atomic E-state index is 12.4. The highest BCUT2D eigenvalue weighted by Crippen LogP contribution is 2.21. The summed E-state index contributed by atoms with van der Waals surface area (Å²) in [4.78, 5) is 37.0. The van der Waals surface area contributed by atoms with Crippen LogP contribution in [-0.4, -0.2) is 82.8 Å². The summed E-state index contributed by atoms with van der Waals surface area (Å²) in [5.41, 5.74) is 1.66. The van der Waals surface area contributed by atoms with Crippen LogP contribution < -0.4 is 16.0 Å². The molecule has 0 aromatic carbocycles. The topological polar surface area (TPSA) is 115 Å². The second-order valence-corrected chi connectivity index (χ2v) is 9.63. The van der Waals surface area contributed by atoms with Crippen LogP contribution in [0.4, 0.5) is 16.8 Å². The van der Waals surface area contributed by atoms with E-state index in [1.807, 2.05) is 32.0 Å². The number of amides is 2. The van der Waals surface area contributed by atoms with Gasteiger partial charge in [-0.2, -0.15) is 9.36 Å². The third kappa shape index (κ3) is 10.6. The molecule has 0 bridgehead atoms. The molecule has 0 radical (unpaired) electrons. The monoisotopic (exact) mass is 526 g/mol. The van der Waals surface area contributed by atoms with Gasteiger partial charge in [-0.1, -0.05) is 24.8 Å². The summed E-state index contributed by atoms with van der Waals surface area (Å²) in [7, 11) is 5.48. The Labute approximate surface area is 224 Å². The molecule has 3 N–H and O–H groups in total. The second kappa shape index (κ2) is 15.6. The van der Waals surface area contributed by atoms with E-state index in [0.29, 0.717) is 37.7 Å². The Morgan fingerprint density at radius 2 is 2.03 bits per heavy atom. The van der Waals surface area contributed by atoms with Gasteiger partial charge in [0.1, 0.15) is 16.9 Å². The van der Waals surface area contributed by atoms with E-state index in [9.17, 15) is 9.59 Å². The van der Waals surface area contributed by atoms with Gasteiger partial charge in [0.05, 0.1) is 17.5 Å². The predicted molar refractivity (Wildman–Crippen MR) is 150 cm³/mol. The van der Waals surface area contributed by atoms with Crippen LogP contribution >= 0.6 is 11.5 Å². The van der Waals surface area contributed by atoms with Crippen molar-refractivity contribution in [3.63, 3.8) is 0 Å². The number of likely N-dealkylation sites (N-methyl/N-ethyl adjacent to an activating group) is 2. The third-order valence-corrected chi connectivity index (χ3v) is 6.03. The largest absolute Gasteiger partial charge is 0.369 e. The molecule has 0 aliphatic heterocycles. The van der Waals surface area contributed by atoms with Crippen LogP contribution in [0.3, 0.4) is 0 Å². The van der Waals surface area contributed by atoms with Gasteiger partial charge in [0.25, 0.3) is 0 Å². The highest BCUT2D eigenvalue weighted by Gasteiger charge is 2.20. The quantitative estimate of drug-likeness (QED) is 0.207. The van der Waals surface area contributed by atoms with Crippen molar-refractivity contribution >= 4 is 40.1 Å². The first kappa shape index (κ1) is 29.7. The summed E-state index contributed by atoms with van der Waals surface area (Å²) in [6.45, 7) is 7.66. The van der Waals surface area contributed by atoms with Gasteiger partial charge in [0.15, 0.2) is 0 Å². The first-order valence-electron chi connectivity index (χ1n) is 12.4. The molecule has 37 heavy (non-hydrogen) atoms. The number of rotatable bonds is 13. The number of hydrogen-bond acceptors (Lipinski definition) is 9. The van der Waals surface area contributed by atoms with E-state index >= 15 is 0 Å². The Morgan fingerprint density at radius 1 is 1.24 bits per heavy atom. The minimum Gasteiger partial charge on any atom is -0.369 e. The van der Waals surface area contributed by atoms with Gasteiger partial charge in [-0.3, -0.25) is 9.59 Å². The van der Waals surface area contributed by atoms with E-state index in [1.54, 1.807) is 26.2 Å². The Hall–Kier alpha value is -3.49. The molecule has 10 nitrogen and oxygen atoms in total. The van der Waals surface area contributed by atoms with E-state index in [0.717, 1.165) is 29.2 Å². The lowest BCUT2D eigenvalue weighted by Crippen LogP contribution is -2.45. The fourth-order valence-electron chi connectivity index (χ4n) is 2.99. The summed E-state index contributed by atoms with van der Waals surface area (Å²) in [5, 5.41) is 10.2. The van der Waals surface area contributed by atoms with Crippen LogP contribution in [0.1, 0.15) is 44.4 Å². The summed E-state index contributed by atoms with van der Waals surface area (Å²) >= 11 is 1.36. The van der Waals surface area contributed by atoms with Crippen molar-refractivity contribution in [1.82, 2.24) is 29.5 Å². The number of unbranched alkanes of at least 4 members (excludes halogenated alkanes) is 1. The van der Waals surface area contributed by atoms with Crippen LogP contribution in [0.25, 0.3) is 0 Å². The van der Waals surface area contributed by atoms with Gasteiger partial charge in [-0.25, -0.2) is 4.98 Å². The molecular weight excluding hydrogens is 488 g/mol. The summed E-state index contributed by atoms with van der Waals surface area (Å²) in [5.74, 6) is 7.06. The molecule has 0 fully saturated rings. The summed E-state index contributed by atoms with van der Waals surface area (Å²) < 4.78 is 4.26. The second-order valence-electron chi connectivity index (χ2n) is 8.83. The zero-order valence-corrected chi connectivity index (χ0v) is 23.4. The fraction of sp³-hybridized carbons (Fsp3) is 0.500. The van der Waals surface area contributed by atoms with E-state index in [1.165, 1.54) is 22.5 Å². The van der Waals surface area contributed by atoms with E-state index in [2.05, 4.69) is 49.1 Å². The van der Waals surface area contributed by atoms with Crippen molar-refractivity contribution in [3.05, 3.63) is 35.7 Å². The molecule has 200 valence electrons. The molecule has 0 saturated heterocycles. The lowest BCUT2D eigenvalue weighted by atomic mass is 10.2. The van der Waals surface area contributed by atoms with Gasteiger partial charge in [0, 0.05) is 39.2 Å². The minimum absolute atomic E-state index is 0.191. The molecule has 2 amide bonds. The lowest BCUT2D eigenvalue weighted by molar-refractivity contribution is -0.135. The van der Waals surface area contributed by atoms with E-state index < -0.39 is 6.04 Å². The molecule has 0 aliphatic rings. The molecule has 2 aromatic heterocycles. The Morgan fingerprint density at radius 3 is 2.70 bits per heavy atom. The number of aryl methyl sites for hydroxylation is 1. The van der Waals surface area contributed by atoms with Crippen LogP contribution in [-0.2, 0) is 9.59 Å². The van der Waals surface area contributed by atoms with Gasteiger partial charge < -0.3 is 25.8 Å². The standard InChI is InChI=1S/C26H38N8O2S/c1-7-14-27-24-21(18-29-26(31-24)30-22-17-19(2)32-37-22)12-9-8-10-15-28-25(36)20(3)34(6)23(35)13-11-16-33(4)5/h11,13,17-18,20H,7-8,10,14-16H2,1-6H3,(H,28,36)(H2,27,29,30,31)/b13-11+. The molecule has 2 aromatic rings. The average molecular weight is 527 g/mol. The molecule has 1 unspecified atom stereocenters. The zero-order valence-electron chi connectivity index (χ0n) is 22.6. The molecule has 1 atom stereocenters. The normalized spacial score (nSPS) is 11.6. The van der Waals surface area contributed by atoms with Crippen LogP contribution in [0.5, 0.6) is 0 Å². The first-order valence-corrected chi connectivity index (χ1v) is 13.1. The Bertz CT molecular complexity index is 1120. The third-order valence-electron chi connectivity index (χ3n) is 5.23. The number of carbonyl (C=O) groups excluding carboxylic acids is 2. The van der Waals surface area contributed by atoms with Crippen molar-refractivity contribution in [1.29, 1.82) is 0 Å². The molecule has 2 rings (SSSR count). The van der Waals surface area contributed by atoms with Crippen molar-refractivity contribution in [2.75, 3.05) is 51.4 Å². The number of nitrogens with zero attached hydrogens (tertiary/aromatic N) is 5. The van der Waals surface area contributed by atoms with Crippen LogP contribution in [0, 0.1) is 18.8 Å². The maximum Gasteiger partial charge on any atom is 0.246 e. The van der Waals surface area contributed by atoms with Gasteiger partial charge >= 0.3 is 0 Å². The fourth-order valence-corrected chi connectivity index (χ4v) is 3.64. The van der Waals surface area contributed by atoms with Crippen molar-refractivity contribution in [3.8, 4) is 11.8 Å². The average Bonchev–Trinajstić information content (AvgIpc) is 3.28. The smallest absolute Gasteiger partial charge is 0.246 e. The number of hydrogen-bond donors (Lipinski definition) is 3. The highest BCUT2D eigenvalue weighted by molar-refractivity contribution is 7.10. The zero-order chi connectivity index (χ0) is 27.2. The van der Waals surface area contributed by atoms with Crippen molar-refractivity contribution in [2.45, 2.75) is 46.1 Å². The number of carbonyl (C=O) groups is 2. The number of nitrogens with one attached hydrogen (secondary N) is 3. The number of aromatic nitrogens is 3. The Kier molecular flexibility index (Phi) is 12.5. The van der Waals surface area contributed by atoms with Crippen molar-refractivity contribution in [2.24, 2.45) is 0 Å². The first-order chi connectivity index (χ1) is 17.7. The van der Waals surface area contributed by atoms with Crippen LogP contribution in [0.2, 0.25) is 0 Å². The molecule has 2 heterocycles. The van der Waals surface area contributed by atoms with E-state index in [4.69, 9.17) is 0 Å². The molecule has 0 aliphatic carbocycles. The van der Waals surface area contributed by atoms with Gasteiger partial charge in [-0.05, 0) is 58.4 Å². The summed E-state index contributed by atoms with van der Waals surface area (Å²) in [6, 6.07) is 1.38. The lowest BCUT2D eigenvalue weighted by Gasteiger charge is -2.23. The number of anilines is 3. The molecule has 0 saturated carbocycles. The van der Waals surface area contributed by atoms with Gasteiger partial charge in [0.2, 0.25) is 17.8 Å². The van der Waals surface area contributed by atoms with E-state index in [-0.39, 0.29) is 11.8 Å². The molecule has 11 heteroatoms. The molecular formula is C26H38N8O2S. The Balaban J connectivity index is 1.85. The maximum atomic E-state index is 12.4. The highest BCUT2D eigenvalue weighted by atomic mass is 32.1. The van der Waals surface area contributed by atoms with Gasteiger partial charge in [-0.15, -0.1) is 0 Å².